The van der Waals surface area contributed by atoms with E-state index < -0.39 is 0 Å². The first-order valence-corrected chi connectivity index (χ1v) is 7.05. The van der Waals surface area contributed by atoms with Crippen LogP contribution in [-0.4, -0.2) is 46.1 Å². The second-order valence-electron chi connectivity index (χ2n) is 4.06. The van der Waals surface area contributed by atoms with Gasteiger partial charge in [-0.05, 0) is 32.9 Å². The lowest BCUT2D eigenvalue weighted by atomic mass is 10.0. The molecule has 84 valence electrons. The SMILES string of the molecule is CCN(CC)C1CCN(C(C)I)CC1. The summed E-state index contributed by atoms with van der Waals surface area (Å²) < 4.78 is 0.699. The smallest absolute Gasteiger partial charge is 0.0589 e. The van der Waals surface area contributed by atoms with Crippen LogP contribution in [0.1, 0.15) is 33.6 Å². The van der Waals surface area contributed by atoms with Crippen LogP contribution in [0, 0.1) is 0 Å². The molecule has 0 amide bonds. The zero-order valence-electron chi connectivity index (χ0n) is 9.67. The van der Waals surface area contributed by atoms with Crippen LogP contribution in [0.15, 0.2) is 0 Å². The summed E-state index contributed by atoms with van der Waals surface area (Å²) in [5, 5.41) is 0. The number of rotatable bonds is 4. The second-order valence-corrected chi connectivity index (χ2v) is 5.87. The lowest BCUT2D eigenvalue weighted by molar-refractivity contribution is 0.116. The highest BCUT2D eigenvalue weighted by Gasteiger charge is 2.24. The van der Waals surface area contributed by atoms with E-state index >= 15 is 0 Å². The molecule has 0 aromatic rings. The Balaban J connectivity index is 2.34. The third kappa shape index (κ3) is 3.35. The Kier molecular flexibility index (Phi) is 5.71. The van der Waals surface area contributed by atoms with Gasteiger partial charge in [-0.3, -0.25) is 4.90 Å². The minimum absolute atomic E-state index is 0.699. The van der Waals surface area contributed by atoms with Crippen molar-refractivity contribution in [2.24, 2.45) is 0 Å². The van der Waals surface area contributed by atoms with Crippen LogP contribution in [0.4, 0.5) is 0 Å². The minimum atomic E-state index is 0.699. The Labute approximate surface area is 102 Å². The zero-order valence-corrected chi connectivity index (χ0v) is 11.8. The van der Waals surface area contributed by atoms with Gasteiger partial charge in [0.1, 0.15) is 0 Å². The van der Waals surface area contributed by atoms with Gasteiger partial charge in [0.2, 0.25) is 0 Å². The molecule has 1 aliphatic rings. The van der Waals surface area contributed by atoms with E-state index in [1.807, 2.05) is 0 Å². The summed E-state index contributed by atoms with van der Waals surface area (Å²) in [6.45, 7) is 11.8. The average Bonchev–Trinajstić information content (AvgIpc) is 2.20. The predicted octanol–water partition coefficient (Wildman–Crippen LogP) is 2.57. The topological polar surface area (TPSA) is 6.48 Å². The monoisotopic (exact) mass is 310 g/mol. The van der Waals surface area contributed by atoms with Crippen LogP contribution < -0.4 is 0 Å². The highest BCUT2D eigenvalue weighted by atomic mass is 127. The van der Waals surface area contributed by atoms with E-state index in [2.05, 4.69) is 53.2 Å². The van der Waals surface area contributed by atoms with Crippen molar-refractivity contribution >= 4 is 22.6 Å². The van der Waals surface area contributed by atoms with Crippen molar-refractivity contribution in [2.75, 3.05) is 26.2 Å². The molecule has 0 bridgehead atoms. The number of piperidine rings is 1. The van der Waals surface area contributed by atoms with Gasteiger partial charge in [0.05, 0.1) is 4.05 Å². The first-order valence-electron chi connectivity index (χ1n) is 5.81. The molecule has 0 aliphatic carbocycles. The van der Waals surface area contributed by atoms with E-state index in [0.29, 0.717) is 4.05 Å². The molecule has 1 unspecified atom stereocenters. The third-order valence-corrected chi connectivity index (χ3v) is 4.12. The number of hydrogen-bond donors (Lipinski definition) is 0. The van der Waals surface area contributed by atoms with Gasteiger partial charge >= 0.3 is 0 Å². The lowest BCUT2D eigenvalue weighted by Gasteiger charge is -2.38. The van der Waals surface area contributed by atoms with Crippen LogP contribution >= 0.6 is 22.6 Å². The van der Waals surface area contributed by atoms with Crippen LogP contribution in [0.3, 0.4) is 0 Å². The largest absolute Gasteiger partial charge is 0.301 e. The van der Waals surface area contributed by atoms with Crippen molar-refractivity contribution in [1.29, 1.82) is 0 Å². The summed E-state index contributed by atoms with van der Waals surface area (Å²) in [5.74, 6) is 0. The molecular weight excluding hydrogens is 287 g/mol. The number of likely N-dealkylation sites (tertiary alicyclic amines) is 1. The summed E-state index contributed by atoms with van der Waals surface area (Å²) in [4.78, 5) is 5.19. The highest BCUT2D eigenvalue weighted by Crippen LogP contribution is 2.19. The molecule has 1 atom stereocenters. The van der Waals surface area contributed by atoms with Gasteiger partial charge < -0.3 is 4.90 Å². The highest BCUT2D eigenvalue weighted by molar-refractivity contribution is 14.1. The summed E-state index contributed by atoms with van der Waals surface area (Å²) >= 11 is 2.52. The Morgan fingerprint density at radius 1 is 1.29 bits per heavy atom. The Hall–Kier alpha value is 0.650. The van der Waals surface area contributed by atoms with Crippen molar-refractivity contribution in [1.82, 2.24) is 9.80 Å². The van der Waals surface area contributed by atoms with Crippen molar-refractivity contribution in [2.45, 2.75) is 43.7 Å². The average molecular weight is 310 g/mol. The van der Waals surface area contributed by atoms with Crippen molar-refractivity contribution in [3.05, 3.63) is 0 Å². The van der Waals surface area contributed by atoms with E-state index in [4.69, 9.17) is 0 Å². The van der Waals surface area contributed by atoms with Crippen LogP contribution in [0.2, 0.25) is 0 Å². The molecule has 1 saturated heterocycles. The maximum absolute atomic E-state index is 2.61. The van der Waals surface area contributed by atoms with Gasteiger partial charge in [-0.25, -0.2) is 0 Å². The first-order chi connectivity index (χ1) is 6.69. The maximum Gasteiger partial charge on any atom is 0.0589 e. The lowest BCUT2D eigenvalue weighted by Crippen LogP contribution is -2.46. The second kappa shape index (κ2) is 6.28. The molecule has 14 heavy (non-hydrogen) atoms. The van der Waals surface area contributed by atoms with Gasteiger partial charge in [0.15, 0.2) is 0 Å². The van der Waals surface area contributed by atoms with Gasteiger partial charge in [-0.1, -0.05) is 36.4 Å². The molecule has 1 fully saturated rings. The van der Waals surface area contributed by atoms with Gasteiger partial charge in [0.25, 0.3) is 0 Å². The number of alkyl halides is 1. The van der Waals surface area contributed by atoms with Crippen molar-refractivity contribution < 1.29 is 0 Å². The molecule has 0 N–H and O–H groups in total. The van der Waals surface area contributed by atoms with E-state index in [9.17, 15) is 0 Å². The fourth-order valence-electron chi connectivity index (χ4n) is 2.35. The Morgan fingerprint density at radius 2 is 1.79 bits per heavy atom. The fourth-order valence-corrected chi connectivity index (χ4v) is 2.90. The van der Waals surface area contributed by atoms with Crippen molar-refractivity contribution in [3.8, 4) is 0 Å². The summed E-state index contributed by atoms with van der Waals surface area (Å²) in [6.07, 6.45) is 2.71. The molecule has 0 aromatic heterocycles. The quantitative estimate of drug-likeness (QED) is 0.447. The van der Waals surface area contributed by atoms with Crippen LogP contribution in [0.5, 0.6) is 0 Å². The Morgan fingerprint density at radius 3 is 2.14 bits per heavy atom. The van der Waals surface area contributed by atoms with Crippen molar-refractivity contribution in [3.63, 3.8) is 0 Å². The summed E-state index contributed by atoms with van der Waals surface area (Å²) in [6, 6.07) is 0.844. The van der Waals surface area contributed by atoms with Gasteiger partial charge in [-0.2, -0.15) is 0 Å². The standard InChI is InChI=1S/C11H23IN2/c1-4-13(5-2)11-6-8-14(9-7-11)10(3)12/h10-11H,4-9H2,1-3H3. The number of halogens is 1. The maximum atomic E-state index is 2.61. The Bertz CT molecular complexity index is 149. The molecule has 2 nitrogen and oxygen atoms in total. The van der Waals surface area contributed by atoms with E-state index in [1.54, 1.807) is 0 Å². The fraction of sp³-hybridized carbons (Fsp3) is 1.00. The van der Waals surface area contributed by atoms with Gasteiger partial charge in [0, 0.05) is 19.1 Å². The molecule has 0 aromatic carbocycles. The molecule has 1 aliphatic heterocycles. The predicted molar refractivity (Wildman–Crippen MR) is 71.0 cm³/mol. The summed E-state index contributed by atoms with van der Waals surface area (Å²) in [7, 11) is 0. The molecule has 1 heterocycles. The minimum Gasteiger partial charge on any atom is -0.301 e. The van der Waals surface area contributed by atoms with E-state index in [-0.39, 0.29) is 0 Å². The summed E-state index contributed by atoms with van der Waals surface area (Å²) in [5.41, 5.74) is 0. The van der Waals surface area contributed by atoms with E-state index in [1.165, 1.54) is 39.0 Å². The van der Waals surface area contributed by atoms with Gasteiger partial charge in [-0.15, -0.1) is 0 Å². The van der Waals surface area contributed by atoms with Crippen LogP contribution in [0.25, 0.3) is 0 Å². The molecular formula is C11H23IN2. The number of nitrogens with zero attached hydrogens (tertiary/aromatic N) is 2. The number of hydrogen-bond acceptors (Lipinski definition) is 2. The van der Waals surface area contributed by atoms with E-state index in [0.717, 1.165) is 6.04 Å². The molecule has 0 radical (unpaired) electrons. The van der Waals surface area contributed by atoms with Crippen LogP contribution in [-0.2, 0) is 0 Å². The normalized spacial score (nSPS) is 22.9. The molecule has 0 spiro atoms. The third-order valence-electron chi connectivity index (χ3n) is 3.33. The molecule has 1 rings (SSSR count). The zero-order chi connectivity index (χ0) is 10.6. The molecule has 0 saturated carbocycles. The first kappa shape index (κ1) is 12.7. The molecule has 3 heteroatoms.